The second-order valence-corrected chi connectivity index (χ2v) is 5.82. The molecule has 1 rings (SSSR count). The number of carbonyl (C=O) groups excluding carboxylic acids is 1. The summed E-state index contributed by atoms with van der Waals surface area (Å²) in [6.45, 7) is 1.70. The molecule has 1 aliphatic rings. The van der Waals surface area contributed by atoms with E-state index in [1.54, 1.807) is 6.92 Å². The summed E-state index contributed by atoms with van der Waals surface area (Å²) >= 11 is 0. The van der Waals surface area contributed by atoms with Crippen molar-refractivity contribution in [1.82, 2.24) is 4.31 Å². The highest BCUT2D eigenvalue weighted by atomic mass is 32.2. The van der Waals surface area contributed by atoms with Gasteiger partial charge in [-0.2, -0.15) is 0 Å². The van der Waals surface area contributed by atoms with E-state index in [9.17, 15) is 18.0 Å². The van der Waals surface area contributed by atoms with Crippen LogP contribution in [0.2, 0.25) is 0 Å². The Hall–Kier alpha value is -1.11. The standard InChI is InChI=1S/C9H15NO5S/c1-2-5-16(14,15)10-4-3-7(9(12)13)6-8(10)11/h7H,2-6H2,1H3,(H,12,13). The van der Waals surface area contributed by atoms with Crippen LogP contribution in [0.3, 0.4) is 0 Å². The highest BCUT2D eigenvalue weighted by Crippen LogP contribution is 2.21. The molecule has 0 spiro atoms. The molecule has 1 unspecified atom stereocenters. The quantitative estimate of drug-likeness (QED) is 0.760. The van der Waals surface area contributed by atoms with Gasteiger partial charge in [0.2, 0.25) is 15.9 Å². The van der Waals surface area contributed by atoms with Crippen molar-refractivity contribution in [2.24, 2.45) is 5.92 Å². The molecule has 1 atom stereocenters. The van der Waals surface area contributed by atoms with Crippen LogP contribution in [-0.2, 0) is 19.6 Å². The largest absolute Gasteiger partial charge is 0.481 e. The minimum Gasteiger partial charge on any atom is -0.481 e. The van der Waals surface area contributed by atoms with Crippen LogP contribution < -0.4 is 0 Å². The Bertz CT molecular complexity index is 389. The average molecular weight is 249 g/mol. The molecule has 1 aliphatic heterocycles. The van der Waals surface area contributed by atoms with Gasteiger partial charge in [0.05, 0.1) is 11.7 Å². The number of nitrogens with zero attached hydrogens (tertiary/aromatic N) is 1. The fraction of sp³-hybridized carbons (Fsp3) is 0.778. The normalized spacial score (nSPS) is 22.2. The number of hydrogen-bond acceptors (Lipinski definition) is 4. The molecule has 92 valence electrons. The third-order valence-electron chi connectivity index (χ3n) is 2.53. The molecule has 1 amide bonds. The molecule has 7 heteroatoms. The Morgan fingerprint density at radius 1 is 1.56 bits per heavy atom. The van der Waals surface area contributed by atoms with Gasteiger partial charge >= 0.3 is 5.97 Å². The molecule has 0 aromatic rings. The van der Waals surface area contributed by atoms with E-state index in [-0.39, 0.29) is 25.1 Å². The third-order valence-corrected chi connectivity index (χ3v) is 4.51. The van der Waals surface area contributed by atoms with Gasteiger partial charge in [-0.15, -0.1) is 0 Å². The van der Waals surface area contributed by atoms with Gasteiger partial charge in [-0.3, -0.25) is 9.59 Å². The maximum Gasteiger partial charge on any atom is 0.307 e. The first kappa shape index (κ1) is 13.0. The number of piperidine rings is 1. The number of carboxylic acid groups (broad SMARTS) is 1. The molecule has 0 saturated carbocycles. The summed E-state index contributed by atoms with van der Waals surface area (Å²) in [7, 11) is -3.54. The van der Waals surface area contributed by atoms with Crippen molar-refractivity contribution in [1.29, 1.82) is 0 Å². The van der Waals surface area contributed by atoms with Gasteiger partial charge in [-0.1, -0.05) is 6.92 Å². The number of carbonyl (C=O) groups is 2. The summed E-state index contributed by atoms with van der Waals surface area (Å²) in [6.07, 6.45) is 0.413. The molecule has 16 heavy (non-hydrogen) atoms. The van der Waals surface area contributed by atoms with Gasteiger partial charge in [-0.25, -0.2) is 12.7 Å². The summed E-state index contributed by atoms with van der Waals surface area (Å²) in [4.78, 5) is 22.2. The molecule has 0 bridgehead atoms. The van der Waals surface area contributed by atoms with Gasteiger partial charge in [0.25, 0.3) is 0 Å². The van der Waals surface area contributed by atoms with Crippen LogP contribution in [0, 0.1) is 5.92 Å². The fourth-order valence-electron chi connectivity index (χ4n) is 1.69. The number of sulfonamides is 1. The number of carboxylic acids is 1. The van der Waals surface area contributed by atoms with E-state index in [2.05, 4.69) is 0 Å². The van der Waals surface area contributed by atoms with Crippen LogP contribution in [0.1, 0.15) is 26.2 Å². The van der Waals surface area contributed by atoms with Crippen molar-refractivity contribution >= 4 is 21.9 Å². The SMILES string of the molecule is CCCS(=O)(=O)N1CCC(C(=O)O)CC1=O. The van der Waals surface area contributed by atoms with Crippen molar-refractivity contribution < 1.29 is 23.1 Å². The van der Waals surface area contributed by atoms with Crippen molar-refractivity contribution in [3.8, 4) is 0 Å². The first-order valence-electron chi connectivity index (χ1n) is 5.14. The molecule has 0 radical (unpaired) electrons. The first-order valence-corrected chi connectivity index (χ1v) is 6.75. The highest BCUT2D eigenvalue weighted by molar-refractivity contribution is 7.89. The Balaban J connectivity index is 2.75. The third kappa shape index (κ3) is 2.72. The molecule has 0 aliphatic carbocycles. The molecule has 0 aromatic carbocycles. The van der Waals surface area contributed by atoms with E-state index in [0.29, 0.717) is 6.42 Å². The lowest BCUT2D eigenvalue weighted by Crippen LogP contribution is -2.45. The van der Waals surface area contributed by atoms with Crippen molar-refractivity contribution in [3.63, 3.8) is 0 Å². The predicted octanol–water partition coefficient (Wildman–Crippen LogP) is 0.0494. The molecule has 1 fully saturated rings. The van der Waals surface area contributed by atoms with Crippen LogP contribution in [0.25, 0.3) is 0 Å². The summed E-state index contributed by atoms with van der Waals surface area (Å²) in [5, 5.41) is 8.73. The maximum atomic E-state index is 11.6. The second kappa shape index (κ2) is 4.82. The van der Waals surface area contributed by atoms with E-state index in [0.717, 1.165) is 4.31 Å². The van der Waals surface area contributed by atoms with E-state index < -0.39 is 27.8 Å². The van der Waals surface area contributed by atoms with Crippen LogP contribution >= 0.6 is 0 Å². The lowest BCUT2D eigenvalue weighted by atomic mass is 9.98. The Morgan fingerprint density at radius 2 is 2.19 bits per heavy atom. The van der Waals surface area contributed by atoms with E-state index >= 15 is 0 Å². The number of amides is 1. The van der Waals surface area contributed by atoms with Gasteiger partial charge in [0, 0.05) is 13.0 Å². The summed E-state index contributed by atoms with van der Waals surface area (Å²) < 4.78 is 24.1. The lowest BCUT2D eigenvalue weighted by molar-refractivity contribution is -0.147. The molecule has 1 N–H and O–H groups in total. The minimum absolute atomic E-state index is 0.0157. The van der Waals surface area contributed by atoms with E-state index in [1.165, 1.54) is 0 Å². The first-order chi connectivity index (χ1) is 7.38. The van der Waals surface area contributed by atoms with Gasteiger partial charge in [0.15, 0.2) is 0 Å². The lowest BCUT2D eigenvalue weighted by Gasteiger charge is -2.29. The van der Waals surface area contributed by atoms with E-state index in [4.69, 9.17) is 5.11 Å². The minimum atomic E-state index is -3.54. The van der Waals surface area contributed by atoms with Crippen LogP contribution in [0.4, 0.5) is 0 Å². The highest BCUT2D eigenvalue weighted by Gasteiger charge is 2.35. The number of aliphatic carboxylic acids is 1. The zero-order chi connectivity index (χ0) is 12.3. The van der Waals surface area contributed by atoms with Gasteiger partial charge in [0.1, 0.15) is 0 Å². The predicted molar refractivity (Wildman–Crippen MR) is 56.2 cm³/mol. The molecule has 1 saturated heterocycles. The van der Waals surface area contributed by atoms with Crippen LogP contribution in [0.15, 0.2) is 0 Å². The molecule has 0 aromatic heterocycles. The monoisotopic (exact) mass is 249 g/mol. The zero-order valence-electron chi connectivity index (χ0n) is 9.05. The molecular formula is C9H15NO5S. The van der Waals surface area contributed by atoms with Gasteiger partial charge in [-0.05, 0) is 12.8 Å². The zero-order valence-corrected chi connectivity index (χ0v) is 9.87. The Morgan fingerprint density at radius 3 is 2.62 bits per heavy atom. The summed E-state index contributed by atoms with van der Waals surface area (Å²) in [5.74, 6) is -2.47. The smallest absolute Gasteiger partial charge is 0.307 e. The fourth-order valence-corrected chi connectivity index (χ4v) is 3.19. The summed E-state index contributed by atoms with van der Waals surface area (Å²) in [6, 6.07) is 0. The maximum absolute atomic E-state index is 11.6. The van der Waals surface area contributed by atoms with Crippen molar-refractivity contribution in [2.75, 3.05) is 12.3 Å². The van der Waals surface area contributed by atoms with Crippen LogP contribution in [-0.4, -0.2) is 42.0 Å². The average Bonchev–Trinajstić information content (AvgIpc) is 2.16. The van der Waals surface area contributed by atoms with Crippen LogP contribution in [0.5, 0.6) is 0 Å². The molecular weight excluding hydrogens is 234 g/mol. The Kier molecular flexibility index (Phi) is 3.90. The molecule has 6 nitrogen and oxygen atoms in total. The number of hydrogen-bond donors (Lipinski definition) is 1. The van der Waals surface area contributed by atoms with Crippen molar-refractivity contribution in [2.45, 2.75) is 26.2 Å². The topological polar surface area (TPSA) is 91.8 Å². The van der Waals surface area contributed by atoms with Crippen molar-refractivity contribution in [3.05, 3.63) is 0 Å². The second-order valence-electron chi connectivity index (χ2n) is 3.81. The molecule has 1 heterocycles. The number of rotatable bonds is 4. The van der Waals surface area contributed by atoms with Gasteiger partial charge < -0.3 is 5.11 Å². The Labute approximate surface area is 94.3 Å². The van der Waals surface area contributed by atoms with E-state index in [1.807, 2.05) is 0 Å². The summed E-state index contributed by atoms with van der Waals surface area (Å²) in [5.41, 5.74) is 0.